The van der Waals surface area contributed by atoms with Gasteiger partial charge >= 0.3 is 0 Å². The minimum atomic E-state index is 0.121. The summed E-state index contributed by atoms with van der Waals surface area (Å²) in [5, 5.41) is 3.28. The topological polar surface area (TPSA) is 29.1 Å². The van der Waals surface area contributed by atoms with Gasteiger partial charge in [0.05, 0.1) is 0 Å². The van der Waals surface area contributed by atoms with Crippen molar-refractivity contribution >= 4 is 5.78 Å². The summed E-state index contributed by atoms with van der Waals surface area (Å²) in [6, 6.07) is 9.23. The lowest BCUT2D eigenvalue weighted by Gasteiger charge is -2.08. The van der Waals surface area contributed by atoms with Crippen LogP contribution in [0.4, 0.5) is 0 Å². The third-order valence-corrected chi connectivity index (χ3v) is 2.39. The molecule has 0 aliphatic carbocycles. The van der Waals surface area contributed by atoms with Crippen LogP contribution in [0, 0.1) is 0 Å². The first-order valence-electron chi connectivity index (χ1n) is 5.57. The molecule has 0 bridgehead atoms. The van der Waals surface area contributed by atoms with Crippen molar-refractivity contribution in [3.8, 4) is 0 Å². The standard InChI is InChI=1S/C8H8O.C5H11N/c1-7(9)8-5-3-2-4-6-8;1-2-4-6-5-3-1/h2-6H,1H3;6H,1-5H2. The first-order chi connectivity index (χ1) is 7.30. The highest BCUT2D eigenvalue weighted by atomic mass is 16.1. The summed E-state index contributed by atoms with van der Waals surface area (Å²) in [5.41, 5.74) is 0.775. The van der Waals surface area contributed by atoms with Crippen molar-refractivity contribution in [3.63, 3.8) is 0 Å². The second-order valence-electron chi connectivity index (χ2n) is 3.73. The maximum absolute atomic E-state index is 10.6. The first-order valence-corrected chi connectivity index (χ1v) is 5.57. The Morgan fingerprint density at radius 3 is 1.93 bits per heavy atom. The van der Waals surface area contributed by atoms with E-state index in [1.807, 2.05) is 30.3 Å². The van der Waals surface area contributed by atoms with Crippen LogP contribution < -0.4 is 5.32 Å². The molecule has 1 saturated heterocycles. The largest absolute Gasteiger partial charge is 0.317 e. The second kappa shape index (κ2) is 7.18. The Labute approximate surface area is 91.7 Å². The summed E-state index contributed by atoms with van der Waals surface area (Å²) in [7, 11) is 0. The van der Waals surface area contributed by atoms with E-state index in [-0.39, 0.29) is 5.78 Å². The molecule has 0 amide bonds. The lowest BCUT2D eigenvalue weighted by molar-refractivity contribution is 0.101. The monoisotopic (exact) mass is 205 g/mol. The molecule has 2 rings (SSSR count). The van der Waals surface area contributed by atoms with Gasteiger partial charge in [-0.2, -0.15) is 0 Å². The number of hydrogen-bond donors (Lipinski definition) is 1. The van der Waals surface area contributed by atoms with Gasteiger partial charge in [0.2, 0.25) is 0 Å². The van der Waals surface area contributed by atoms with Crippen molar-refractivity contribution < 1.29 is 4.79 Å². The predicted molar refractivity (Wildman–Crippen MR) is 63.2 cm³/mol. The molecule has 0 aromatic heterocycles. The van der Waals surface area contributed by atoms with Gasteiger partial charge in [-0.1, -0.05) is 36.8 Å². The van der Waals surface area contributed by atoms with E-state index in [1.165, 1.54) is 32.4 Å². The highest BCUT2D eigenvalue weighted by molar-refractivity contribution is 5.93. The van der Waals surface area contributed by atoms with Gasteiger partial charge in [0.1, 0.15) is 0 Å². The third-order valence-electron chi connectivity index (χ3n) is 2.39. The van der Waals surface area contributed by atoms with Gasteiger partial charge in [-0.05, 0) is 32.9 Å². The third kappa shape index (κ3) is 5.33. The normalized spacial score (nSPS) is 15.0. The van der Waals surface area contributed by atoms with Gasteiger partial charge in [-0.25, -0.2) is 0 Å². The number of piperidine rings is 1. The SMILES string of the molecule is C1CCNCC1.CC(=O)c1ccccc1. The van der Waals surface area contributed by atoms with Crippen molar-refractivity contribution in [2.45, 2.75) is 26.2 Å². The molecule has 1 N–H and O–H groups in total. The van der Waals surface area contributed by atoms with Crippen LogP contribution in [0.25, 0.3) is 0 Å². The van der Waals surface area contributed by atoms with E-state index in [0.29, 0.717) is 0 Å². The fourth-order valence-corrected chi connectivity index (χ4v) is 1.47. The Balaban J connectivity index is 0.000000162. The van der Waals surface area contributed by atoms with E-state index in [0.717, 1.165) is 5.56 Å². The minimum Gasteiger partial charge on any atom is -0.317 e. The number of benzene rings is 1. The molecule has 1 heterocycles. The van der Waals surface area contributed by atoms with Crippen molar-refractivity contribution in [2.75, 3.05) is 13.1 Å². The van der Waals surface area contributed by atoms with Crippen molar-refractivity contribution in [2.24, 2.45) is 0 Å². The average molecular weight is 205 g/mol. The van der Waals surface area contributed by atoms with Gasteiger partial charge < -0.3 is 5.32 Å². The van der Waals surface area contributed by atoms with E-state index >= 15 is 0 Å². The average Bonchev–Trinajstić information content (AvgIpc) is 2.33. The molecule has 15 heavy (non-hydrogen) atoms. The number of rotatable bonds is 1. The first kappa shape index (κ1) is 11.9. The van der Waals surface area contributed by atoms with Gasteiger partial charge in [0.15, 0.2) is 5.78 Å². The molecular formula is C13H19NO. The quantitative estimate of drug-likeness (QED) is 0.714. The van der Waals surface area contributed by atoms with Crippen LogP contribution in [0.15, 0.2) is 30.3 Å². The highest BCUT2D eigenvalue weighted by Gasteiger charge is 1.94. The van der Waals surface area contributed by atoms with Gasteiger partial charge in [0, 0.05) is 5.56 Å². The minimum absolute atomic E-state index is 0.121. The van der Waals surface area contributed by atoms with Gasteiger partial charge in [-0.3, -0.25) is 4.79 Å². The van der Waals surface area contributed by atoms with Crippen LogP contribution in [0.1, 0.15) is 36.5 Å². The fraction of sp³-hybridized carbons (Fsp3) is 0.462. The van der Waals surface area contributed by atoms with Crippen LogP contribution in [0.2, 0.25) is 0 Å². The molecule has 82 valence electrons. The molecule has 0 atom stereocenters. The van der Waals surface area contributed by atoms with Crippen molar-refractivity contribution in [1.82, 2.24) is 5.32 Å². The Morgan fingerprint density at radius 1 is 1.07 bits per heavy atom. The van der Waals surface area contributed by atoms with E-state index in [4.69, 9.17) is 0 Å². The predicted octanol–water partition coefficient (Wildman–Crippen LogP) is 2.65. The molecule has 0 saturated carbocycles. The number of Topliss-reactive ketones (excluding diaryl/α,β-unsaturated/α-hetero) is 1. The zero-order valence-corrected chi connectivity index (χ0v) is 9.33. The highest BCUT2D eigenvalue weighted by Crippen LogP contribution is 1.97. The van der Waals surface area contributed by atoms with Gasteiger partial charge in [0.25, 0.3) is 0 Å². The lowest BCUT2D eigenvalue weighted by atomic mass is 10.2. The van der Waals surface area contributed by atoms with E-state index in [9.17, 15) is 4.79 Å². The van der Waals surface area contributed by atoms with Crippen LogP contribution in [0.3, 0.4) is 0 Å². The van der Waals surface area contributed by atoms with Crippen LogP contribution in [0.5, 0.6) is 0 Å². The summed E-state index contributed by atoms with van der Waals surface area (Å²) >= 11 is 0. The summed E-state index contributed by atoms with van der Waals surface area (Å²) in [5.74, 6) is 0.121. The molecule has 1 aromatic rings. The van der Waals surface area contributed by atoms with Crippen LogP contribution >= 0.6 is 0 Å². The lowest BCUT2D eigenvalue weighted by Crippen LogP contribution is -2.21. The van der Waals surface area contributed by atoms with Crippen LogP contribution in [-0.2, 0) is 0 Å². The second-order valence-corrected chi connectivity index (χ2v) is 3.73. The molecule has 1 aliphatic rings. The zero-order valence-electron chi connectivity index (χ0n) is 9.33. The molecule has 1 fully saturated rings. The van der Waals surface area contributed by atoms with Gasteiger partial charge in [-0.15, -0.1) is 0 Å². The Bertz CT molecular complexity index is 266. The molecule has 1 aliphatic heterocycles. The molecule has 1 aromatic carbocycles. The van der Waals surface area contributed by atoms with E-state index in [2.05, 4.69) is 5.32 Å². The summed E-state index contributed by atoms with van der Waals surface area (Å²) in [4.78, 5) is 10.6. The zero-order chi connectivity index (χ0) is 10.9. The molecule has 0 radical (unpaired) electrons. The maximum atomic E-state index is 10.6. The summed E-state index contributed by atoms with van der Waals surface area (Å²) < 4.78 is 0. The molecular weight excluding hydrogens is 186 g/mol. The number of ketones is 1. The fourth-order valence-electron chi connectivity index (χ4n) is 1.47. The number of carbonyl (C=O) groups excluding carboxylic acids is 1. The Morgan fingerprint density at radius 2 is 1.67 bits per heavy atom. The molecule has 2 nitrogen and oxygen atoms in total. The summed E-state index contributed by atoms with van der Waals surface area (Å²) in [6.45, 7) is 4.06. The molecule has 2 heteroatoms. The number of hydrogen-bond acceptors (Lipinski definition) is 2. The Hall–Kier alpha value is -1.15. The van der Waals surface area contributed by atoms with E-state index < -0.39 is 0 Å². The number of nitrogens with one attached hydrogen (secondary N) is 1. The Kier molecular flexibility index (Phi) is 5.71. The van der Waals surface area contributed by atoms with Crippen molar-refractivity contribution in [1.29, 1.82) is 0 Å². The molecule has 0 unspecified atom stereocenters. The van der Waals surface area contributed by atoms with E-state index in [1.54, 1.807) is 6.92 Å². The summed E-state index contributed by atoms with van der Waals surface area (Å²) in [6.07, 6.45) is 4.22. The molecule has 0 spiro atoms. The maximum Gasteiger partial charge on any atom is 0.159 e. The smallest absolute Gasteiger partial charge is 0.159 e. The van der Waals surface area contributed by atoms with Crippen molar-refractivity contribution in [3.05, 3.63) is 35.9 Å². The number of carbonyl (C=O) groups is 1. The van der Waals surface area contributed by atoms with Crippen LogP contribution in [-0.4, -0.2) is 18.9 Å².